The molecule has 0 saturated carbocycles. The molecule has 3 aromatic rings. The normalized spacial score (nSPS) is 15.8. The number of methoxy groups -OCH3 is 1. The van der Waals surface area contributed by atoms with Gasteiger partial charge in [-0.25, -0.2) is 4.68 Å². The number of benzene rings is 2. The van der Waals surface area contributed by atoms with E-state index in [2.05, 4.69) is 15.4 Å². The summed E-state index contributed by atoms with van der Waals surface area (Å²) in [6.45, 7) is 1.79. The lowest BCUT2D eigenvalue weighted by molar-refractivity contribution is -0.115. The second-order valence-corrected chi connectivity index (χ2v) is 6.79. The highest BCUT2D eigenvalue weighted by molar-refractivity contribution is 6.31. The van der Waals surface area contributed by atoms with Crippen molar-refractivity contribution in [1.29, 1.82) is 0 Å². The van der Waals surface area contributed by atoms with E-state index in [1.807, 2.05) is 42.5 Å². The standard InChI is InChI=1S/C20H18ClN5O2/c1-11-16(18(22)27)17(14-5-3-4-6-15(14)21)26-20(23-11)24-19(25-26)12-7-9-13(28-2)10-8-12/h3-10,17H,1-2H3,(H2,22,27)(H,23,24,25)/t17-/m1/s1. The van der Waals surface area contributed by atoms with Gasteiger partial charge in [0.2, 0.25) is 11.9 Å². The number of nitrogens with two attached hydrogens (primary N) is 1. The molecule has 28 heavy (non-hydrogen) atoms. The molecule has 1 aliphatic heterocycles. The lowest BCUT2D eigenvalue weighted by atomic mass is 9.95. The average molecular weight is 396 g/mol. The molecule has 2 heterocycles. The molecule has 8 heteroatoms. The lowest BCUT2D eigenvalue weighted by Crippen LogP contribution is -2.32. The van der Waals surface area contributed by atoms with Crippen LogP contribution in [0.1, 0.15) is 18.5 Å². The molecule has 4 rings (SSSR count). The molecule has 1 amide bonds. The number of allylic oxidation sites excluding steroid dienone is 1. The van der Waals surface area contributed by atoms with Crippen LogP contribution < -0.4 is 15.8 Å². The lowest BCUT2D eigenvalue weighted by Gasteiger charge is -2.28. The molecule has 0 bridgehead atoms. The molecule has 0 radical (unpaired) electrons. The van der Waals surface area contributed by atoms with Crippen LogP contribution in [0.25, 0.3) is 11.4 Å². The molecule has 1 aromatic heterocycles. The molecule has 142 valence electrons. The first kappa shape index (κ1) is 18.1. The van der Waals surface area contributed by atoms with Gasteiger partial charge in [0.05, 0.1) is 12.7 Å². The van der Waals surface area contributed by atoms with Crippen LogP contribution in [-0.2, 0) is 4.79 Å². The summed E-state index contributed by atoms with van der Waals surface area (Å²) in [7, 11) is 1.61. The molecular formula is C20H18ClN5O2. The molecule has 0 spiro atoms. The van der Waals surface area contributed by atoms with E-state index in [-0.39, 0.29) is 0 Å². The zero-order valence-corrected chi connectivity index (χ0v) is 16.1. The monoisotopic (exact) mass is 395 g/mol. The van der Waals surface area contributed by atoms with Crippen molar-refractivity contribution in [3.8, 4) is 17.1 Å². The van der Waals surface area contributed by atoms with Gasteiger partial charge in [-0.3, -0.25) is 4.79 Å². The smallest absolute Gasteiger partial charge is 0.248 e. The second-order valence-electron chi connectivity index (χ2n) is 6.38. The Morgan fingerprint density at radius 2 is 1.93 bits per heavy atom. The minimum atomic E-state index is -0.568. The van der Waals surface area contributed by atoms with Crippen molar-refractivity contribution >= 4 is 23.5 Å². The predicted octanol–water partition coefficient (Wildman–Crippen LogP) is 3.38. The van der Waals surface area contributed by atoms with E-state index >= 15 is 0 Å². The fourth-order valence-electron chi connectivity index (χ4n) is 3.32. The Hall–Kier alpha value is -3.32. The molecule has 0 aliphatic carbocycles. The number of primary amides is 1. The molecule has 0 unspecified atom stereocenters. The number of amides is 1. The van der Waals surface area contributed by atoms with Crippen molar-refractivity contribution in [2.45, 2.75) is 13.0 Å². The van der Waals surface area contributed by atoms with Gasteiger partial charge in [-0.05, 0) is 37.3 Å². The van der Waals surface area contributed by atoms with Crippen molar-refractivity contribution in [2.75, 3.05) is 12.4 Å². The number of rotatable bonds is 4. The number of carbonyl (C=O) groups excluding carboxylic acids is 1. The van der Waals surface area contributed by atoms with Gasteiger partial charge in [-0.15, -0.1) is 5.10 Å². The molecule has 1 atom stereocenters. The van der Waals surface area contributed by atoms with Crippen molar-refractivity contribution < 1.29 is 9.53 Å². The zero-order valence-electron chi connectivity index (χ0n) is 15.3. The number of nitrogens with one attached hydrogen (secondary N) is 1. The minimum absolute atomic E-state index is 0.395. The number of ether oxygens (including phenoxy) is 1. The molecule has 0 saturated heterocycles. The zero-order chi connectivity index (χ0) is 19.8. The first-order valence-electron chi connectivity index (χ1n) is 8.62. The summed E-state index contributed by atoms with van der Waals surface area (Å²) >= 11 is 6.43. The predicted molar refractivity (Wildman–Crippen MR) is 107 cm³/mol. The van der Waals surface area contributed by atoms with Crippen LogP contribution in [0.5, 0.6) is 5.75 Å². The maximum absolute atomic E-state index is 12.2. The summed E-state index contributed by atoms with van der Waals surface area (Å²) in [5.41, 5.74) is 8.25. The summed E-state index contributed by atoms with van der Waals surface area (Å²) < 4.78 is 6.84. The van der Waals surface area contributed by atoms with E-state index in [9.17, 15) is 4.79 Å². The molecule has 3 N–H and O–H groups in total. The number of nitrogens with zero attached hydrogens (tertiary/aromatic N) is 3. The van der Waals surface area contributed by atoms with Crippen LogP contribution in [0.4, 0.5) is 5.95 Å². The van der Waals surface area contributed by atoms with E-state index < -0.39 is 11.9 Å². The number of anilines is 1. The summed E-state index contributed by atoms with van der Waals surface area (Å²) in [5, 5.41) is 8.29. The summed E-state index contributed by atoms with van der Waals surface area (Å²) in [4.78, 5) is 16.8. The van der Waals surface area contributed by atoms with Gasteiger partial charge in [0.15, 0.2) is 5.82 Å². The second kappa shape index (κ2) is 7.01. The Morgan fingerprint density at radius 3 is 2.57 bits per heavy atom. The van der Waals surface area contributed by atoms with Crippen molar-refractivity contribution in [3.63, 3.8) is 0 Å². The average Bonchev–Trinajstić information content (AvgIpc) is 3.11. The van der Waals surface area contributed by atoms with E-state index in [1.165, 1.54) is 0 Å². The maximum Gasteiger partial charge on any atom is 0.248 e. The Morgan fingerprint density at radius 1 is 1.21 bits per heavy atom. The fraction of sp³-hybridized carbons (Fsp3) is 0.150. The highest BCUT2D eigenvalue weighted by Crippen LogP contribution is 2.38. The van der Waals surface area contributed by atoms with Gasteiger partial charge in [0, 0.05) is 21.8 Å². The van der Waals surface area contributed by atoms with E-state index in [0.717, 1.165) is 16.9 Å². The Kier molecular flexibility index (Phi) is 4.52. The molecule has 0 fully saturated rings. The maximum atomic E-state index is 12.2. The highest BCUT2D eigenvalue weighted by atomic mass is 35.5. The Balaban J connectivity index is 1.86. The number of fused-ring (bicyclic) bond motifs is 1. The molecular weight excluding hydrogens is 378 g/mol. The number of aromatic nitrogens is 3. The number of hydrogen-bond donors (Lipinski definition) is 2. The molecule has 1 aliphatic rings. The van der Waals surface area contributed by atoms with Crippen LogP contribution in [-0.4, -0.2) is 27.8 Å². The van der Waals surface area contributed by atoms with Crippen LogP contribution in [0.15, 0.2) is 59.8 Å². The van der Waals surface area contributed by atoms with Crippen molar-refractivity contribution in [3.05, 3.63) is 70.4 Å². The summed E-state index contributed by atoms with van der Waals surface area (Å²) in [5.74, 6) is 1.23. The quantitative estimate of drug-likeness (QED) is 0.706. The minimum Gasteiger partial charge on any atom is -0.497 e. The molecule has 2 aromatic carbocycles. The topological polar surface area (TPSA) is 95.1 Å². The number of carbonyl (C=O) groups is 1. The van der Waals surface area contributed by atoms with E-state index in [0.29, 0.717) is 28.1 Å². The first-order valence-corrected chi connectivity index (χ1v) is 9.00. The van der Waals surface area contributed by atoms with Crippen LogP contribution in [0.2, 0.25) is 5.02 Å². The Labute approximate surface area is 166 Å². The summed E-state index contributed by atoms with van der Waals surface area (Å²) in [6.07, 6.45) is 0. The number of halogens is 1. The Bertz CT molecular complexity index is 1090. The van der Waals surface area contributed by atoms with Crippen LogP contribution in [0.3, 0.4) is 0 Å². The number of hydrogen-bond acceptors (Lipinski definition) is 5. The van der Waals surface area contributed by atoms with Gasteiger partial charge >= 0.3 is 0 Å². The van der Waals surface area contributed by atoms with Crippen molar-refractivity contribution in [1.82, 2.24) is 14.8 Å². The summed E-state index contributed by atoms with van der Waals surface area (Å²) in [6, 6.07) is 14.2. The highest BCUT2D eigenvalue weighted by Gasteiger charge is 2.34. The molecule has 7 nitrogen and oxygen atoms in total. The van der Waals surface area contributed by atoms with Crippen molar-refractivity contribution in [2.24, 2.45) is 5.73 Å². The SMILES string of the molecule is COc1ccc(-c2nc3n(n2)[C@H](c2ccccc2Cl)C(C(N)=O)=C(C)N3)cc1. The van der Waals surface area contributed by atoms with Gasteiger partial charge in [-0.1, -0.05) is 29.8 Å². The van der Waals surface area contributed by atoms with E-state index in [1.54, 1.807) is 24.8 Å². The van der Waals surface area contributed by atoms with Gasteiger partial charge < -0.3 is 15.8 Å². The van der Waals surface area contributed by atoms with Crippen LogP contribution in [0, 0.1) is 0 Å². The fourth-order valence-corrected chi connectivity index (χ4v) is 3.56. The van der Waals surface area contributed by atoms with Gasteiger partial charge in [0.1, 0.15) is 11.8 Å². The third-order valence-corrected chi connectivity index (χ3v) is 5.01. The van der Waals surface area contributed by atoms with E-state index in [4.69, 9.17) is 22.1 Å². The van der Waals surface area contributed by atoms with Crippen LogP contribution >= 0.6 is 11.6 Å². The van der Waals surface area contributed by atoms with Gasteiger partial charge in [-0.2, -0.15) is 4.98 Å². The first-order chi connectivity index (χ1) is 13.5. The van der Waals surface area contributed by atoms with Gasteiger partial charge in [0.25, 0.3) is 0 Å². The largest absolute Gasteiger partial charge is 0.497 e. The third-order valence-electron chi connectivity index (χ3n) is 4.67. The third kappa shape index (κ3) is 2.99.